The number of amides is 3. The van der Waals surface area contributed by atoms with Crippen LogP contribution in [-0.4, -0.2) is 69.3 Å². The molecule has 0 unspecified atom stereocenters. The van der Waals surface area contributed by atoms with Gasteiger partial charge in [0.25, 0.3) is 0 Å². The van der Waals surface area contributed by atoms with Crippen LogP contribution in [0.5, 0.6) is 0 Å². The summed E-state index contributed by atoms with van der Waals surface area (Å²) in [4.78, 5) is 59.3. The van der Waals surface area contributed by atoms with Crippen LogP contribution in [-0.2, 0) is 35.9 Å². The molecule has 1 aromatic heterocycles. The van der Waals surface area contributed by atoms with E-state index in [9.17, 15) is 19.2 Å². The third kappa shape index (κ3) is 4.73. The number of imide groups is 1. The SMILES string of the molecule is CCOC(=O)[C@H]1CCCN(C(=O)C[C@@]2(c3ccccc3)CC(=O)N(CCn3ccnc3)C2=O)C1. The molecular formula is C25H30N4O5. The molecule has 4 rings (SSSR count). The van der Waals surface area contributed by atoms with Crippen molar-refractivity contribution in [1.29, 1.82) is 0 Å². The molecular weight excluding hydrogens is 436 g/mol. The smallest absolute Gasteiger partial charge is 0.310 e. The maximum Gasteiger partial charge on any atom is 0.310 e. The predicted molar refractivity (Wildman–Crippen MR) is 122 cm³/mol. The third-order valence-corrected chi connectivity index (χ3v) is 6.72. The van der Waals surface area contributed by atoms with Gasteiger partial charge < -0.3 is 14.2 Å². The van der Waals surface area contributed by atoms with Gasteiger partial charge in [-0.2, -0.15) is 0 Å². The number of rotatable bonds is 8. The molecule has 3 heterocycles. The van der Waals surface area contributed by atoms with E-state index >= 15 is 0 Å². The number of hydrogen-bond acceptors (Lipinski definition) is 6. The van der Waals surface area contributed by atoms with E-state index < -0.39 is 5.41 Å². The van der Waals surface area contributed by atoms with Crippen molar-refractivity contribution < 1.29 is 23.9 Å². The highest BCUT2D eigenvalue weighted by Crippen LogP contribution is 2.40. The zero-order valence-electron chi connectivity index (χ0n) is 19.4. The van der Waals surface area contributed by atoms with Crippen molar-refractivity contribution in [2.45, 2.75) is 44.6 Å². The van der Waals surface area contributed by atoms with Crippen molar-refractivity contribution in [3.63, 3.8) is 0 Å². The average Bonchev–Trinajstić information content (AvgIpc) is 3.45. The first kappa shape index (κ1) is 23.7. The highest BCUT2D eigenvalue weighted by molar-refractivity contribution is 6.10. The Labute approximate surface area is 198 Å². The molecule has 2 aromatic rings. The second-order valence-corrected chi connectivity index (χ2v) is 8.88. The number of piperidine rings is 1. The van der Waals surface area contributed by atoms with Gasteiger partial charge in [-0.3, -0.25) is 24.1 Å². The van der Waals surface area contributed by atoms with Crippen LogP contribution in [0.1, 0.15) is 38.2 Å². The summed E-state index contributed by atoms with van der Waals surface area (Å²) in [5, 5.41) is 0. The number of nitrogens with zero attached hydrogens (tertiary/aromatic N) is 4. The molecule has 0 radical (unpaired) electrons. The Balaban J connectivity index is 1.55. The van der Waals surface area contributed by atoms with E-state index in [4.69, 9.17) is 4.74 Å². The monoisotopic (exact) mass is 466 g/mol. The number of carbonyl (C=O) groups excluding carboxylic acids is 4. The first-order chi connectivity index (χ1) is 16.4. The van der Waals surface area contributed by atoms with Crippen molar-refractivity contribution in [3.8, 4) is 0 Å². The summed E-state index contributed by atoms with van der Waals surface area (Å²) >= 11 is 0. The summed E-state index contributed by atoms with van der Waals surface area (Å²) in [6, 6.07) is 9.06. The van der Waals surface area contributed by atoms with Gasteiger partial charge in [0.05, 0.1) is 24.3 Å². The summed E-state index contributed by atoms with van der Waals surface area (Å²) in [6.45, 7) is 3.50. The number of benzene rings is 1. The van der Waals surface area contributed by atoms with Gasteiger partial charge in [-0.05, 0) is 25.3 Å². The minimum Gasteiger partial charge on any atom is -0.466 e. The third-order valence-electron chi connectivity index (χ3n) is 6.72. The lowest BCUT2D eigenvalue weighted by Crippen LogP contribution is -2.47. The molecule has 0 N–H and O–H groups in total. The minimum absolute atomic E-state index is 0.0549. The van der Waals surface area contributed by atoms with Crippen molar-refractivity contribution in [2.75, 3.05) is 26.2 Å². The van der Waals surface area contributed by atoms with E-state index in [-0.39, 0.29) is 55.5 Å². The summed E-state index contributed by atoms with van der Waals surface area (Å²) in [5.74, 6) is -1.52. The first-order valence-electron chi connectivity index (χ1n) is 11.7. The zero-order valence-corrected chi connectivity index (χ0v) is 19.4. The second-order valence-electron chi connectivity index (χ2n) is 8.88. The molecule has 2 aliphatic rings. The Hall–Kier alpha value is -3.49. The Morgan fingerprint density at radius 3 is 2.68 bits per heavy atom. The van der Waals surface area contributed by atoms with E-state index in [0.29, 0.717) is 38.1 Å². The van der Waals surface area contributed by atoms with E-state index in [1.54, 1.807) is 47.2 Å². The summed E-state index contributed by atoms with van der Waals surface area (Å²) < 4.78 is 6.95. The Bertz CT molecular complexity index is 1040. The van der Waals surface area contributed by atoms with Crippen molar-refractivity contribution in [2.24, 2.45) is 5.92 Å². The number of hydrogen-bond donors (Lipinski definition) is 0. The molecule has 9 nitrogen and oxygen atoms in total. The molecule has 0 saturated carbocycles. The molecule has 2 atom stereocenters. The van der Waals surface area contributed by atoms with E-state index in [1.807, 2.05) is 18.2 Å². The molecule has 9 heteroatoms. The molecule has 34 heavy (non-hydrogen) atoms. The summed E-state index contributed by atoms with van der Waals surface area (Å²) in [6.07, 6.45) is 6.25. The van der Waals surface area contributed by atoms with Crippen LogP contribution >= 0.6 is 0 Å². The van der Waals surface area contributed by atoms with Gasteiger partial charge in [-0.15, -0.1) is 0 Å². The largest absolute Gasteiger partial charge is 0.466 e. The second kappa shape index (κ2) is 10.2. The van der Waals surface area contributed by atoms with Crippen molar-refractivity contribution in [1.82, 2.24) is 19.4 Å². The van der Waals surface area contributed by atoms with Crippen LogP contribution in [0, 0.1) is 5.92 Å². The number of imidazole rings is 1. The van der Waals surface area contributed by atoms with Gasteiger partial charge in [0.15, 0.2) is 0 Å². The highest BCUT2D eigenvalue weighted by Gasteiger charge is 2.54. The van der Waals surface area contributed by atoms with Crippen LogP contribution in [0.25, 0.3) is 0 Å². The van der Waals surface area contributed by atoms with Crippen molar-refractivity contribution >= 4 is 23.7 Å². The van der Waals surface area contributed by atoms with Gasteiger partial charge in [-0.1, -0.05) is 30.3 Å². The summed E-state index contributed by atoms with van der Waals surface area (Å²) in [7, 11) is 0. The Morgan fingerprint density at radius 1 is 1.18 bits per heavy atom. The van der Waals surface area contributed by atoms with Gasteiger partial charge in [0, 0.05) is 51.4 Å². The molecule has 0 aliphatic carbocycles. The molecule has 0 bridgehead atoms. The Morgan fingerprint density at radius 2 is 1.97 bits per heavy atom. The van der Waals surface area contributed by atoms with Gasteiger partial charge in [0.2, 0.25) is 17.7 Å². The Kier molecular flexibility index (Phi) is 7.09. The van der Waals surface area contributed by atoms with Crippen LogP contribution in [0.15, 0.2) is 49.1 Å². The maximum atomic E-state index is 13.7. The first-order valence-corrected chi connectivity index (χ1v) is 11.7. The van der Waals surface area contributed by atoms with Gasteiger partial charge >= 0.3 is 5.97 Å². The van der Waals surface area contributed by atoms with E-state index in [0.717, 1.165) is 0 Å². The van der Waals surface area contributed by atoms with Gasteiger partial charge in [0.1, 0.15) is 0 Å². The molecule has 0 spiro atoms. The molecule has 1 aromatic carbocycles. The number of likely N-dealkylation sites (tertiary alicyclic amines) is 2. The predicted octanol–water partition coefficient (Wildman–Crippen LogP) is 1.77. The summed E-state index contributed by atoms with van der Waals surface area (Å²) in [5.41, 5.74) is -0.591. The molecule has 2 fully saturated rings. The fourth-order valence-electron chi connectivity index (χ4n) is 4.91. The molecule has 3 amide bonds. The normalized spacial score (nSPS) is 22.8. The zero-order chi connectivity index (χ0) is 24.1. The fourth-order valence-corrected chi connectivity index (χ4v) is 4.91. The number of carbonyl (C=O) groups is 4. The lowest BCUT2D eigenvalue weighted by atomic mass is 9.75. The minimum atomic E-state index is -1.25. The van der Waals surface area contributed by atoms with Crippen LogP contribution in [0.2, 0.25) is 0 Å². The van der Waals surface area contributed by atoms with E-state index in [1.165, 1.54) is 4.90 Å². The number of aromatic nitrogens is 2. The quantitative estimate of drug-likeness (QED) is 0.434. The topological polar surface area (TPSA) is 102 Å². The highest BCUT2D eigenvalue weighted by atomic mass is 16.5. The lowest BCUT2D eigenvalue weighted by Gasteiger charge is -2.34. The molecule has 2 saturated heterocycles. The lowest BCUT2D eigenvalue weighted by molar-refractivity contribution is -0.152. The van der Waals surface area contributed by atoms with Crippen LogP contribution < -0.4 is 0 Å². The standard InChI is InChI=1S/C25H30N4O5/c1-2-34-23(32)19-7-6-11-28(17-19)21(30)15-25(20-8-4-3-5-9-20)16-22(31)29(24(25)33)14-13-27-12-10-26-18-27/h3-5,8-10,12,18-19H,2,6-7,11,13-17H2,1H3/t19-,25-/m0/s1. The van der Waals surface area contributed by atoms with E-state index in [2.05, 4.69) is 4.98 Å². The van der Waals surface area contributed by atoms with Crippen LogP contribution in [0.3, 0.4) is 0 Å². The molecule has 2 aliphatic heterocycles. The van der Waals surface area contributed by atoms with Crippen LogP contribution in [0.4, 0.5) is 0 Å². The number of esters is 1. The number of ether oxygens (including phenoxy) is 1. The van der Waals surface area contributed by atoms with Crippen molar-refractivity contribution in [3.05, 3.63) is 54.6 Å². The molecule has 180 valence electrons. The van der Waals surface area contributed by atoms with Gasteiger partial charge in [-0.25, -0.2) is 4.98 Å². The maximum absolute atomic E-state index is 13.7. The fraction of sp³-hybridized carbons (Fsp3) is 0.480. The average molecular weight is 467 g/mol.